The summed E-state index contributed by atoms with van der Waals surface area (Å²) in [6, 6.07) is 2.29. The predicted octanol–water partition coefficient (Wildman–Crippen LogP) is 1.95. The molecule has 4 nitrogen and oxygen atoms in total. The van der Waals surface area contributed by atoms with Crippen molar-refractivity contribution in [2.24, 2.45) is 0 Å². The number of carbonyl (C=O) groups excluding carboxylic acids is 1. The third-order valence-electron chi connectivity index (χ3n) is 1.95. The van der Waals surface area contributed by atoms with Gasteiger partial charge in [-0.1, -0.05) is 12.2 Å². The van der Waals surface area contributed by atoms with E-state index >= 15 is 0 Å². The van der Waals surface area contributed by atoms with Gasteiger partial charge < -0.3 is 15.3 Å². The smallest absolute Gasteiger partial charge is 0.174 e. The van der Waals surface area contributed by atoms with Crippen LogP contribution >= 0.6 is 0 Å². The molecule has 0 aromatic heterocycles. The summed E-state index contributed by atoms with van der Waals surface area (Å²) in [5.74, 6) is -1.78. The van der Waals surface area contributed by atoms with Crippen molar-refractivity contribution in [3.63, 3.8) is 0 Å². The zero-order valence-corrected chi connectivity index (χ0v) is 8.27. The minimum Gasteiger partial charge on any atom is -0.507 e. The monoisotopic (exact) mass is 208 g/mol. The lowest BCUT2D eigenvalue weighted by Crippen LogP contribution is -1.98. The number of hydrogen-bond acceptors (Lipinski definition) is 4. The Morgan fingerprint density at radius 2 is 1.87 bits per heavy atom. The van der Waals surface area contributed by atoms with E-state index < -0.39 is 17.3 Å². The van der Waals surface area contributed by atoms with E-state index in [1.165, 1.54) is 0 Å². The fourth-order valence-corrected chi connectivity index (χ4v) is 1.17. The van der Waals surface area contributed by atoms with E-state index in [0.29, 0.717) is 0 Å². The highest BCUT2D eigenvalue weighted by atomic mass is 16.3. The van der Waals surface area contributed by atoms with Gasteiger partial charge >= 0.3 is 0 Å². The first kappa shape index (κ1) is 11.1. The Bertz CT molecular complexity index is 407. The van der Waals surface area contributed by atoms with Crippen LogP contribution in [0.25, 0.3) is 0 Å². The molecule has 0 saturated carbocycles. The molecule has 80 valence electrons. The number of Topliss-reactive ketones (excluding diaryl/α,β-unsaturated/α-hetero) is 1. The second-order valence-electron chi connectivity index (χ2n) is 3.02. The summed E-state index contributed by atoms with van der Waals surface area (Å²) in [5, 5.41) is 27.9. The summed E-state index contributed by atoms with van der Waals surface area (Å²) in [4.78, 5) is 11.5. The highest BCUT2D eigenvalue weighted by Gasteiger charge is 2.17. The molecule has 0 fully saturated rings. The average molecular weight is 208 g/mol. The highest BCUT2D eigenvalue weighted by molar-refractivity contribution is 6.02. The number of phenols is 3. The third-order valence-corrected chi connectivity index (χ3v) is 1.95. The molecule has 0 heterocycles. The molecule has 0 aliphatic carbocycles. The largest absolute Gasteiger partial charge is 0.507 e. The Labute approximate surface area is 87.1 Å². The molecule has 0 atom stereocenters. The van der Waals surface area contributed by atoms with Crippen molar-refractivity contribution in [1.29, 1.82) is 0 Å². The summed E-state index contributed by atoms with van der Waals surface area (Å²) < 4.78 is 0. The quantitative estimate of drug-likeness (QED) is 0.307. The molecule has 3 N–H and O–H groups in total. The van der Waals surface area contributed by atoms with Crippen molar-refractivity contribution in [3.05, 3.63) is 29.8 Å². The first-order valence-corrected chi connectivity index (χ1v) is 4.46. The van der Waals surface area contributed by atoms with Crippen LogP contribution in [0.5, 0.6) is 17.2 Å². The molecule has 0 amide bonds. The SMILES string of the molecule is C/C=C/CC(=O)c1c(O)ccc(O)c1O. The zero-order chi connectivity index (χ0) is 11.4. The number of aromatic hydroxyl groups is 3. The lowest BCUT2D eigenvalue weighted by molar-refractivity contribution is 0.0990. The molecular formula is C11H12O4. The zero-order valence-electron chi connectivity index (χ0n) is 8.27. The molecule has 0 aliphatic heterocycles. The molecule has 1 aromatic carbocycles. The van der Waals surface area contributed by atoms with Crippen LogP contribution in [0.3, 0.4) is 0 Å². The number of rotatable bonds is 3. The number of ketones is 1. The van der Waals surface area contributed by atoms with Crippen LogP contribution in [0.1, 0.15) is 23.7 Å². The van der Waals surface area contributed by atoms with Crippen LogP contribution < -0.4 is 0 Å². The van der Waals surface area contributed by atoms with Crippen LogP contribution in [-0.4, -0.2) is 21.1 Å². The first-order chi connectivity index (χ1) is 7.07. The summed E-state index contributed by atoms with van der Waals surface area (Å²) in [6.07, 6.45) is 3.36. The Kier molecular flexibility index (Phi) is 3.33. The Morgan fingerprint density at radius 1 is 1.27 bits per heavy atom. The molecule has 15 heavy (non-hydrogen) atoms. The number of hydrogen-bond donors (Lipinski definition) is 3. The topological polar surface area (TPSA) is 77.8 Å². The van der Waals surface area contributed by atoms with Gasteiger partial charge in [-0.15, -0.1) is 0 Å². The van der Waals surface area contributed by atoms with Crippen molar-refractivity contribution >= 4 is 5.78 Å². The van der Waals surface area contributed by atoms with Crippen molar-refractivity contribution < 1.29 is 20.1 Å². The highest BCUT2D eigenvalue weighted by Crippen LogP contribution is 2.35. The molecule has 4 heteroatoms. The average Bonchev–Trinajstić information content (AvgIpc) is 2.21. The second-order valence-corrected chi connectivity index (χ2v) is 3.02. The standard InChI is InChI=1S/C11H12O4/c1-2-3-4-7(12)10-8(13)5-6-9(14)11(10)15/h2-3,5-6,13-15H,4H2,1H3/b3-2+. The molecule has 0 saturated heterocycles. The van der Waals surface area contributed by atoms with Gasteiger partial charge in [-0.2, -0.15) is 0 Å². The van der Waals surface area contributed by atoms with Gasteiger partial charge in [0.05, 0.1) is 0 Å². The Hall–Kier alpha value is -1.97. The van der Waals surface area contributed by atoms with E-state index in [1.807, 2.05) is 0 Å². The van der Waals surface area contributed by atoms with E-state index in [9.17, 15) is 15.0 Å². The van der Waals surface area contributed by atoms with Crippen LogP contribution in [0, 0.1) is 0 Å². The normalized spacial score (nSPS) is 10.7. The molecule has 0 unspecified atom stereocenters. The van der Waals surface area contributed by atoms with Crippen molar-refractivity contribution in [2.75, 3.05) is 0 Å². The van der Waals surface area contributed by atoms with Gasteiger partial charge in [0, 0.05) is 6.42 Å². The first-order valence-electron chi connectivity index (χ1n) is 4.46. The Balaban J connectivity index is 3.12. The van der Waals surface area contributed by atoms with Crippen LogP contribution in [0.15, 0.2) is 24.3 Å². The second kappa shape index (κ2) is 4.50. The maximum atomic E-state index is 11.5. The van der Waals surface area contributed by atoms with Gasteiger partial charge in [0.25, 0.3) is 0 Å². The van der Waals surface area contributed by atoms with Crippen molar-refractivity contribution in [1.82, 2.24) is 0 Å². The van der Waals surface area contributed by atoms with Crippen molar-refractivity contribution in [2.45, 2.75) is 13.3 Å². The lowest BCUT2D eigenvalue weighted by Gasteiger charge is -2.06. The maximum Gasteiger partial charge on any atom is 0.174 e. The summed E-state index contributed by atoms with van der Waals surface area (Å²) in [7, 11) is 0. The van der Waals surface area contributed by atoms with Gasteiger partial charge in [-0.05, 0) is 19.1 Å². The predicted molar refractivity (Wildman–Crippen MR) is 55.2 cm³/mol. The number of benzene rings is 1. The minimum atomic E-state index is -0.579. The number of phenolic OH excluding ortho intramolecular Hbond substituents is 3. The molecular weight excluding hydrogens is 196 g/mol. The molecule has 0 aliphatic rings. The maximum absolute atomic E-state index is 11.5. The van der Waals surface area contributed by atoms with E-state index in [2.05, 4.69) is 0 Å². The fourth-order valence-electron chi connectivity index (χ4n) is 1.17. The molecule has 0 radical (unpaired) electrons. The third kappa shape index (κ3) is 2.28. The molecule has 1 aromatic rings. The van der Waals surface area contributed by atoms with Gasteiger partial charge in [-0.25, -0.2) is 0 Å². The summed E-state index contributed by atoms with van der Waals surface area (Å²) in [5.41, 5.74) is -0.242. The van der Waals surface area contributed by atoms with E-state index in [-0.39, 0.29) is 17.7 Å². The van der Waals surface area contributed by atoms with Crippen LogP contribution in [0.4, 0.5) is 0 Å². The van der Waals surface area contributed by atoms with Crippen LogP contribution in [0.2, 0.25) is 0 Å². The van der Waals surface area contributed by atoms with E-state index in [4.69, 9.17) is 5.11 Å². The van der Waals surface area contributed by atoms with Gasteiger partial charge in [-0.3, -0.25) is 4.79 Å². The van der Waals surface area contributed by atoms with Crippen LogP contribution in [-0.2, 0) is 0 Å². The summed E-state index contributed by atoms with van der Waals surface area (Å²) in [6.45, 7) is 1.76. The summed E-state index contributed by atoms with van der Waals surface area (Å²) >= 11 is 0. The van der Waals surface area contributed by atoms with E-state index in [0.717, 1.165) is 12.1 Å². The number of allylic oxidation sites excluding steroid dienone is 2. The fraction of sp³-hybridized carbons (Fsp3) is 0.182. The Morgan fingerprint density at radius 3 is 2.47 bits per heavy atom. The molecule has 0 bridgehead atoms. The van der Waals surface area contributed by atoms with Crippen molar-refractivity contribution in [3.8, 4) is 17.2 Å². The van der Waals surface area contributed by atoms with Gasteiger partial charge in [0.15, 0.2) is 17.3 Å². The molecule has 0 spiro atoms. The van der Waals surface area contributed by atoms with Gasteiger partial charge in [0.2, 0.25) is 0 Å². The molecule has 1 rings (SSSR count). The van der Waals surface area contributed by atoms with E-state index in [1.54, 1.807) is 19.1 Å². The number of carbonyl (C=O) groups is 1. The van der Waals surface area contributed by atoms with Gasteiger partial charge in [0.1, 0.15) is 11.3 Å². The minimum absolute atomic E-state index is 0.0705. The lowest BCUT2D eigenvalue weighted by atomic mass is 10.1.